The topological polar surface area (TPSA) is 21.3 Å². The fraction of sp³-hybridized carbons (Fsp3) is 0.538. The van der Waals surface area contributed by atoms with E-state index in [4.69, 9.17) is 4.74 Å². The minimum Gasteiger partial charge on any atom is -0.489 e. The Morgan fingerprint density at radius 3 is 2.35 bits per heavy atom. The van der Waals surface area contributed by atoms with Gasteiger partial charge in [0, 0.05) is 12.6 Å². The van der Waals surface area contributed by atoms with Gasteiger partial charge in [0.25, 0.3) is 0 Å². The third kappa shape index (κ3) is 3.97. The highest BCUT2D eigenvalue weighted by Crippen LogP contribution is 2.35. The Labute approximate surface area is 119 Å². The summed E-state index contributed by atoms with van der Waals surface area (Å²) in [5, 5.41) is 3.51. The Morgan fingerprint density at radius 2 is 1.88 bits per heavy atom. The first-order valence-corrected chi connectivity index (χ1v) is 7.53. The van der Waals surface area contributed by atoms with Crippen LogP contribution in [0, 0.1) is 0 Å². The van der Waals surface area contributed by atoms with Crippen molar-refractivity contribution >= 4 is 31.9 Å². The normalized spacial score (nSPS) is 15.4. The SMILES string of the molecule is CC(C)Oc1c(Br)cc(CNC2CC2)cc1Br. The van der Waals surface area contributed by atoms with Crippen molar-refractivity contribution in [2.75, 3.05) is 0 Å². The average molecular weight is 363 g/mol. The zero-order valence-electron chi connectivity index (χ0n) is 10.1. The van der Waals surface area contributed by atoms with Gasteiger partial charge in [0.2, 0.25) is 0 Å². The van der Waals surface area contributed by atoms with Crippen LogP contribution >= 0.6 is 31.9 Å². The molecule has 1 aromatic carbocycles. The lowest BCUT2D eigenvalue weighted by Crippen LogP contribution is -2.15. The van der Waals surface area contributed by atoms with E-state index in [1.165, 1.54) is 18.4 Å². The highest BCUT2D eigenvalue weighted by atomic mass is 79.9. The Hall–Kier alpha value is -0.0600. The molecule has 1 aliphatic rings. The van der Waals surface area contributed by atoms with Gasteiger partial charge in [0.1, 0.15) is 5.75 Å². The minimum atomic E-state index is 0.179. The molecule has 17 heavy (non-hydrogen) atoms. The van der Waals surface area contributed by atoms with Crippen LogP contribution in [0.2, 0.25) is 0 Å². The molecular formula is C13H17Br2NO. The molecule has 0 atom stereocenters. The molecule has 0 unspecified atom stereocenters. The first-order chi connectivity index (χ1) is 8.06. The first-order valence-electron chi connectivity index (χ1n) is 5.94. The Kier molecular flexibility index (Phi) is 4.50. The molecule has 0 spiro atoms. The van der Waals surface area contributed by atoms with Crippen LogP contribution in [0.5, 0.6) is 5.75 Å². The van der Waals surface area contributed by atoms with E-state index in [1.807, 2.05) is 13.8 Å². The fourth-order valence-electron chi connectivity index (χ4n) is 1.61. The molecule has 94 valence electrons. The number of hydrogen-bond donors (Lipinski definition) is 1. The fourth-order valence-corrected chi connectivity index (χ4v) is 3.08. The van der Waals surface area contributed by atoms with Crippen LogP contribution in [0.3, 0.4) is 0 Å². The molecule has 2 nitrogen and oxygen atoms in total. The number of halogens is 2. The van der Waals surface area contributed by atoms with Gasteiger partial charge in [-0.15, -0.1) is 0 Å². The van der Waals surface area contributed by atoms with Gasteiger partial charge < -0.3 is 10.1 Å². The molecule has 1 aliphatic carbocycles. The lowest BCUT2D eigenvalue weighted by Gasteiger charge is -2.15. The summed E-state index contributed by atoms with van der Waals surface area (Å²) in [7, 11) is 0. The molecule has 1 aromatic rings. The largest absolute Gasteiger partial charge is 0.489 e. The lowest BCUT2D eigenvalue weighted by molar-refractivity contribution is 0.239. The zero-order valence-corrected chi connectivity index (χ0v) is 13.3. The van der Waals surface area contributed by atoms with Crippen molar-refractivity contribution < 1.29 is 4.74 Å². The maximum atomic E-state index is 5.75. The van der Waals surface area contributed by atoms with Gasteiger partial charge >= 0.3 is 0 Å². The van der Waals surface area contributed by atoms with Crippen molar-refractivity contribution in [2.45, 2.75) is 45.4 Å². The molecule has 2 rings (SSSR count). The van der Waals surface area contributed by atoms with E-state index < -0.39 is 0 Å². The Balaban J connectivity index is 2.09. The third-order valence-corrected chi connectivity index (χ3v) is 3.76. The summed E-state index contributed by atoms with van der Waals surface area (Å²) in [6.07, 6.45) is 2.81. The highest BCUT2D eigenvalue weighted by molar-refractivity contribution is 9.11. The standard InChI is InChI=1S/C13H17Br2NO/c1-8(2)17-13-11(14)5-9(6-12(13)15)7-16-10-3-4-10/h5-6,8,10,16H,3-4,7H2,1-2H3. The molecule has 1 saturated carbocycles. The number of nitrogens with one attached hydrogen (secondary N) is 1. The van der Waals surface area contributed by atoms with Crippen LogP contribution in [0.25, 0.3) is 0 Å². The predicted octanol–water partition coefficient (Wildman–Crippen LogP) is 4.25. The molecule has 1 fully saturated rings. The smallest absolute Gasteiger partial charge is 0.148 e. The van der Waals surface area contributed by atoms with E-state index in [-0.39, 0.29) is 6.10 Å². The summed E-state index contributed by atoms with van der Waals surface area (Å²) in [6.45, 7) is 4.98. The lowest BCUT2D eigenvalue weighted by atomic mass is 10.2. The monoisotopic (exact) mass is 361 g/mol. The Morgan fingerprint density at radius 1 is 1.29 bits per heavy atom. The molecule has 0 radical (unpaired) electrons. The molecule has 0 bridgehead atoms. The number of benzene rings is 1. The van der Waals surface area contributed by atoms with Crippen molar-refractivity contribution in [2.24, 2.45) is 0 Å². The van der Waals surface area contributed by atoms with E-state index in [0.717, 1.165) is 27.3 Å². The van der Waals surface area contributed by atoms with E-state index in [2.05, 4.69) is 49.3 Å². The molecule has 0 amide bonds. The second-order valence-electron chi connectivity index (χ2n) is 4.71. The maximum absolute atomic E-state index is 5.75. The van der Waals surface area contributed by atoms with Crippen LogP contribution in [0.15, 0.2) is 21.1 Å². The van der Waals surface area contributed by atoms with Crippen molar-refractivity contribution in [3.8, 4) is 5.75 Å². The summed E-state index contributed by atoms with van der Waals surface area (Å²) in [5.41, 5.74) is 1.27. The zero-order chi connectivity index (χ0) is 12.4. The molecule has 0 saturated heterocycles. The van der Waals surface area contributed by atoms with E-state index in [9.17, 15) is 0 Å². The van der Waals surface area contributed by atoms with Gasteiger partial charge in [-0.3, -0.25) is 0 Å². The number of rotatable bonds is 5. The second-order valence-corrected chi connectivity index (χ2v) is 6.42. The quantitative estimate of drug-likeness (QED) is 0.845. The van der Waals surface area contributed by atoms with Crippen LogP contribution in [0.1, 0.15) is 32.3 Å². The van der Waals surface area contributed by atoms with E-state index >= 15 is 0 Å². The van der Waals surface area contributed by atoms with Crippen LogP contribution in [-0.2, 0) is 6.54 Å². The third-order valence-electron chi connectivity index (χ3n) is 2.58. The van der Waals surface area contributed by atoms with Gasteiger partial charge in [-0.25, -0.2) is 0 Å². The van der Waals surface area contributed by atoms with Crippen LogP contribution < -0.4 is 10.1 Å². The molecule has 0 aliphatic heterocycles. The van der Waals surface area contributed by atoms with Crippen LogP contribution in [-0.4, -0.2) is 12.1 Å². The highest BCUT2D eigenvalue weighted by Gasteiger charge is 2.20. The van der Waals surface area contributed by atoms with Crippen LogP contribution in [0.4, 0.5) is 0 Å². The van der Waals surface area contributed by atoms with Gasteiger partial charge in [-0.2, -0.15) is 0 Å². The average Bonchev–Trinajstić information content (AvgIpc) is 3.04. The van der Waals surface area contributed by atoms with Gasteiger partial charge in [-0.05, 0) is 76.2 Å². The number of hydrogen-bond acceptors (Lipinski definition) is 2. The summed E-state index contributed by atoms with van der Waals surface area (Å²) in [6, 6.07) is 4.98. The maximum Gasteiger partial charge on any atom is 0.148 e. The van der Waals surface area contributed by atoms with Crippen molar-refractivity contribution in [1.82, 2.24) is 5.32 Å². The van der Waals surface area contributed by atoms with E-state index in [1.54, 1.807) is 0 Å². The Bertz CT molecular complexity index is 379. The van der Waals surface area contributed by atoms with E-state index in [0.29, 0.717) is 0 Å². The molecule has 0 aromatic heterocycles. The molecule has 1 N–H and O–H groups in total. The molecule has 4 heteroatoms. The van der Waals surface area contributed by atoms with Crippen molar-refractivity contribution in [1.29, 1.82) is 0 Å². The molecular weight excluding hydrogens is 346 g/mol. The predicted molar refractivity (Wildman–Crippen MR) is 77.5 cm³/mol. The second kappa shape index (κ2) is 5.72. The van der Waals surface area contributed by atoms with Gasteiger partial charge in [-0.1, -0.05) is 0 Å². The minimum absolute atomic E-state index is 0.179. The van der Waals surface area contributed by atoms with Crippen molar-refractivity contribution in [3.05, 3.63) is 26.6 Å². The summed E-state index contributed by atoms with van der Waals surface area (Å²) in [4.78, 5) is 0. The summed E-state index contributed by atoms with van der Waals surface area (Å²) >= 11 is 7.13. The summed E-state index contributed by atoms with van der Waals surface area (Å²) < 4.78 is 7.77. The van der Waals surface area contributed by atoms with Crippen molar-refractivity contribution in [3.63, 3.8) is 0 Å². The summed E-state index contributed by atoms with van der Waals surface area (Å²) in [5.74, 6) is 0.884. The number of ether oxygens (including phenoxy) is 1. The van der Waals surface area contributed by atoms with Gasteiger partial charge in [0.15, 0.2) is 0 Å². The first kappa shape index (κ1) is 13.4. The molecule has 0 heterocycles. The van der Waals surface area contributed by atoms with Gasteiger partial charge in [0.05, 0.1) is 15.0 Å².